The number of nitrogens with one attached hydrogen (secondary N) is 1. The van der Waals surface area contributed by atoms with Crippen molar-refractivity contribution in [1.29, 1.82) is 0 Å². The molecule has 0 bridgehead atoms. The van der Waals surface area contributed by atoms with E-state index in [9.17, 15) is 9.90 Å². The molecule has 0 aliphatic heterocycles. The van der Waals surface area contributed by atoms with Gasteiger partial charge in [0.15, 0.2) is 11.3 Å². The first-order valence-electron chi connectivity index (χ1n) is 9.23. The zero-order chi connectivity index (χ0) is 20.4. The van der Waals surface area contributed by atoms with Crippen molar-refractivity contribution in [2.75, 3.05) is 6.61 Å². The van der Waals surface area contributed by atoms with E-state index in [0.29, 0.717) is 30.1 Å². The molecule has 150 valence electrons. The number of carbonyl (C=O) groups is 1. The van der Waals surface area contributed by atoms with Crippen LogP contribution in [0.4, 0.5) is 4.79 Å². The van der Waals surface area contributed by atoms with Crippen molar-refractivity contribution < 1.29 is 23.5 Å². The molecule has 3 rings (SSSR count). The number of furan rings is 1. The lowest BCUT2D eigenvalue weighted by atomic mass is 9.93. The molecule has 1 aromatic carbocycles. The number of aliphatic hydroxyl groups excluding tert-OH is 1. The van der Waals surface area contributed by atoms with Crippen LogP contribution in [0.15, 0.2) is 45.4 Å². The number of aryl methyl sites for hydroxylation is 1. The molecular weight excluding hydrogens is 360 g/mol. The lowest BCUT2D eigenvalue weighted by molar-refractivity contribution is 0.0407. The highest BCUT2D eigenvalue weighted by molar-refractivity contribution is 5.79. The van der Waals surface area contributed by atoms with Crippen LogP contribution in [-0.2, 0) is 11.2 Å². The van der Waals surface area contributed by atoms with E-state index >= 15 is 0 Å². The van der Waals surface area contributed by atoms with E-state index in [1.54, 1.807) is 46.1 Å². The van der Waals surface area contributed by atoms with Crippen LogP contribution in [0.25, 0.3) is 22.8 Å². The van der Waals surface area contributed by atoms with E-state index in [4.69, 9.17) is 13.6 Å². The normalized spacial score (nSPS) is 14.0. The van der Waals surface area contributed by atoms with E-state index in [-0.39, 0.29) is 6.61 Å². The number of fused-ring (bicyclic) bond motifs is 1. The van der Waals surface area contributed by atoms with Crippen LogP contribution in [0.2, 0.25) is 0 Å². The van der Waals surface area contributed by atoms with Gasteiger partial charge in [0, 0.05) is 0 Å². The molecule has 1 amide bonds. The van der Waals surface area contributed by atoms with Crippen LogP contribution >= 0.6 is 0 Å². The molecule has 28 heavy (non-hydrogen) atoms. The molecule has 7 nitrogen and oxygen atoms in total. The predicted octanol–water partition coefficient (Wildman–Crippen LogP) is 4.30. The molecular formula is C21H26N2O5. The Morgan fingerprint density at radius 2 is 2.00 bits per heavy atom. The third-order valence-corrected chi connectivity index (χ3v) is 4.33. The van der Waals surface area contributed by atoms with Gasteiger partial charge in [0.25, 0.3) is 5.89 Å². The fourth-order valence-corrected chi connectivity index (χ4v) is 2.85. The summed E-state index contributed by atoms with van der Waals surface area (Å²) in [4.78, 5) is 16.7. The van der Waals surface area contributed by atoms with Gasteiger partial charge < -0.3 is 24.0 Å². The molecule has 0 fully saturated rings. The van der Waals surface area contributed by atoms with Crippen molar-refractivity contribution in [3.63, 3.8) is 0 Å². The molecule has 2 aromatic heterocycles. The van der Waals surface area contributed by atoms with E-state index in [1.165, 1.54) is 0 Å². The molecule has 7 heteroatoms. The number of aromatic nitrogens is 1. The summed E-state index contributed by atoms with van der Waals surface area (Å²) in [5, 5.41) is 12.6. The minimum atomic E-state index is -0.821. The van der Waals surface area contributed by atoms with Gasteiger partial charge in [-0.05, 0) is 64.3 Å². The molecule has 0 aliphatic rings. The summed E-state index contributed by atoms with van der Waals surface area (Å²) in [5.41, 5.74) is 0.943. The average molecular weight is 386 g/mol. The van der Waals surface area contributed by atoms with Gasteiger partial charge in [-0.3, -0.25) is 0 Å². The van der Waals surface area contributed by atoms with Crippen molar-refractivity contribution in [3.05, 3.63) is 42.2 Å². The van der Waals surface area contributed by atoms with Gasteiger partial charge in [-0.2, -0.15) is 0 Å². The number of ether oxygens (including phenoxy) is 1. The number of hydrogen-bond donors (Lipinski definition) is 2. The molecule has 3 aromatic rings. The number of hydrogen-bond acceptors (Lipinski definition) is 6. The molecule has 1 atom stereocenters. The first kappa shape index (κ1) is 19.9. The summed E-state index contributed by atoms with van der Waals surface area (Å²) in [6.45, 7) is 6.97. The Labute approximate surface area is 163 Å². The van der Waals surface area contributed by atoms with Gasteiger partial charge in [-0.1, -0.05) is 12.1 Å². The molecule has 0 aliphatic carbocycles. The fraction of sp³-hybridized carbons (Fsp3) is 0.429. The minimum absolute atomic E-state index is 0.210. The first-order valence-corrected chi connectivity index (χ1v) is 9.23. The van der Waals surface area contributed by atoms with Gasteiger partial charge in [-0.25, -0.2) is 9.78 Å². The Morgan fingerprint density at radius 1 is 1.21 bits per heavy atom. The van der Waals surface area contributed by atoms with Crippen molar-refractivity contribution >= 4 is 17.2 Å². The largest absolute Gasteiger partial charge is 0.459 e. The SMILES string of the molecule is CC(C)(C)OC(=O)N[C@@](C)(CO)CCc1cccc2oc(-c3ccco3)nc12. The summed E-state index contributed by atoms with van der Waals surface area (Å²) in [6, 6.07) is 9.27. The van der Waals surface area contributed by atoms with Gasteiger partial charge in [0.2, 0.25) is 0 Å². The molecule has 0 radical (unpaired) electrons. The summed E-state index contributed by atoms with van der Waals surface area (Å²) >= 11 is 0. The summed E-state index contributed by atoms with van der Waals surface area (Å²) in [6.07, 6.45) is 2.11. The molecule has 0 unspecified atom stereocenters. The zero-order valence-corrected chi connectivity index (χ0v) is 16.6. The number of para-hydroxylation sites is 1. The molecule has 2 heterocycles. The second-order valence-electron chi connectivity index (χ2n) is 8.11. The maximum Gasteiger partial charge on any atom is 0.408 e. The Balaban J connectivity index is 1.75. The van der Waals surface area contributed by atoms with Crippen molar-refractivity contribution in [2.45, 2.75) is 51.7 Å². The number of aliphatic hydroxyl groups is 1. The number of rotatable bonds is 6. The summed E-state index contributed by atoms with van der Waals surface area (Å²) in [5.74, 6) is 0.984. The fourth-order valence-electron chi connectivity index (χ4n) is 2.85. The second-order valence-corrected chi connectivity index (χ2v) is 8.11. The Kier molecular flexibility index (Phi) is 5.47. The van der Waals surface area contributed by atoms with Crippen LogP contribution in [0, 0.1) is 0 Å². The third kappa shape index (κ3) is 4.72. The summed E-state index contributed by atoms with van der Waals surface area (Å²) < 4.78 is 16.4. The van der Waals surface area contributed by atoms with Crippen LogP contribution in [0.5, 0.6) is 0 Å². The standard InChI is InChI=1S/C21H26N2O5/c1-20(2,3)28-19(25)23-21(4,13-24)11-10-14-7-5-8-15-17(14)22-18(27-15)16-9-6-12-26-16/h5-9,12,24H,10-11,13H2,1-4H3,(H,23,25)/t21-/m1/s1. The molecule has 0 saturated carbocycles. The van der Waals surface area contributed by atoms with Gasteiger partial charge in [0.1, 0.15) is 11.1 Å². The van der Waals surface area contributed by atoms with Crippen molar-refractivity contribution in [2.24, 2.45) is 0 Å². The highest BCUT2D eigenvalue weighted by atomic mass is 16.6. The number of alkyl carbamates (subject to hydrolysis) is 1. The van der Waals surface area contributed by atoms with Crippen LogP contribution in [0.3, 0.4) is 0 Å². The lowest BCUT2D eigenvalue weighted by Crippen LogP contribution is -2.50. The van der Waals surface area contributed by atoms with Gasteiger partial charge in [0.05, 0.1) is 18.4 Å². The Morgan fingerprint density at radius 3 is 2.64 bits per heavy atom. The minimum Gasteiger partial charge on any atom is -0.459 e. The monoisotopic (exact) mass is 386 g/mol. The number of oxazole rings is 1. The zero-order valence-electron chi connectivity index (χ0n) is 16.6. The van der Waals surface area contributed by atoms with E-state index < -0.39 is 17.2 Å². The van der Waals surface area contributed by atoms with Crippen LogP contribution < -0.4 is 5.32 Å². The second kappa shape index (κ2) is 7.67. The number of nitrogens with zero attached hydrogens (tertiary/aromatic N) is 1. The van der Waals surface area contributed by atoms with E-state index in [2.05, 4.69) is 10.3 Å². The number of amides is 1. The maximum absolute atomic E-state index is 12.1. The number of carbonyl (C=O) groups excluding carboxylic acids is 1. The van der Waals surface area contributed by atoms with Crippen molar-refractivity contribution in [3.8, 4) is 11.7 Å². The highest BCUT2D eigenvalue weighted by Crippen LogP contribution is 2.28. The van der Waals surface area contributed by atoms with Crippen LogP contribution in [-0.4, -0.2) is 33.9 Å². The molecule has 0 saturated heterocycles. The number of benzene rings is 1. The van der Waals surface area contributed by atoms with E-state index in [1.807, 2.05) is 18.2 Å². The third-order valence-electron chi connectivity index (χ3n) is 4.33. The Bertz CT molecular complexity index is 940. The first-order chi connectivity index (χ1) is 13.2. The lowest BCUT2D eigenvalue weighted by Gasteiger charge is -2.30. The smallest absolute Gasteiger partial charge is 0.408 e. The topological polar surface area (TPSA) is 97.7 Å². The predicted molar refractivity (Wildman–Crippen MR) is 105 cm³/mol. The van der Waals surface area contributed by atoms with Gasteiger partial charge >= 0.3 is 6.09 Å². The Hall–Kier alpha value is -2.80. The van der Waals surface area contributed by atoms with Crippen LogP contribution in [0.1, 0.15) is 39.7 Å². The van der Waals surface area contributed by atoms with Gasteiger partial charge in [-0.15, -0.1) is 0 Å². The highest BCUT2D eigenvalue weighted by Gasteiger charge is 2.28. The molecule has 0 spiro atoms. The quantitative estimate of drug-likeness (QED) is 0.656. The molecule has 2 N–H and O–H groups in total. The average Bonchev–Trinajstić information content (AvgIpc) is 3.27. The summed E-state index contributed by atoms with van der Waals surface area (Å²) in [7, 11) is 0. The van der Waals surface area contributed by atoms with E-state index in [0.717, 1.165) is 11.1 Å². The van der Waals surface area contributed by atoms with Crippen molar-refractivity contribution in [1.82, 2.24) is 10.3 Å². The maximum atomic E-state index is 12.1.